The lowest BCUT2D eigenvalue weighted by molar-refractivity contribution is 0.628. The quantitative estimate of drug-likeness (QED) is 0.774. The van der Waals surface area contributed by atoms with Crippen molar-refractivity contribution in [2.75, 3.05) is 0 Å². The molecule has 1 aromatic carbocycles. The van der Waals surface area contributed by atoms with Crippen molar-refractivity contribution in [1.82, 2.24) is 15.2 Å². The number of aromatic amines is 1. The highest BCUT2D eigenvalue weighted by Crippen LogP contribution is 2.34. The van der Waals surface area contributed by atoms with Crippen molar-refractivity contribution in [3.63, 3.8) is 0 Å². The van der Waals surface area contributed by atoms with Crippen LogP contribution in [0, 0.1) is 5.82 Å². The molecule has 21 heavy (non-hydrogen) atoms. The van der Waals surface area contributed by atoms with Gasteiger partial charge in [0.05, 0.1) is 5.69 Å². The minimum atomic E-state index is -0.271. The van der Waals surface area contributed by atoms with Crippen LogP contribution in [0.15, 0.2) is 48.8 Å². The van der Waals surface area contributed by atoms with E-state index in [-0.39, 0.29) is 11.9 Å². The van der Waals surface area contributed by atoms with E-state index in [2.05, 4.69) is 15.2 Å². The molecule has 0 aliphatic carbocycles. The van der Waals surface area contributed by atoms with Crippen LogP contribution in [0.25, 0.3) is 22.4 Å². The van der Waals surface area contributed by atoms with Crippen molar-refractivity contribution in [1.29, 1.82) is 0 Å². The van der Waals surface area contributed by atoms with E-state index in [4.69, 9.17) is 5.73 Å². The van der Waals surface area contributed by atoms with Gasteiger partial charge in [-0.2, -0.15) is 5.10 Å². The predicted molar refractivity (Wildman–Crippen MR) is 79.8 cm³/mol. The third kappa shape index (κ3) is 2.55. The van der Waals surface area contributed by atoms with Crippen molar-refractivity contribution >= 4 is 0 Å². The molecule has 0 amide bonds. The first kappa shape index (κ1) is 13.5. The van der Waals surface area contributed by atoms with Gasteiger partial charge in [0.1, 0.15) is 11.5 Å². The second-order valence-electron chi connectivity index (χ2n) is 4.89. The molecule has 4 nitrogen and oxygen atoms in total. The van der Waals surface area contributed by atoms with Crippen LogP contribution in [0.1, 0.15) is 18.7 Å². The molecule has 106 valence electrons. The Balaban J connectivity index is 2.20. The Kier molecular flexibility index (Phi) is 3.50. The Bertz CT molecular complexity index is 733. The second kappa shape index (κ2) is 5.46. The number of nitrogens with zero attached hydrogens (tertiary/aromatic N) is 2. The Morgan fingerprint density at radius 3 is 2.33 bits per heavy atom. The monoisotopic (exact) mass is 282 g/mol. The zero-order chi connectivity index (χ0) is 14.8. The average Bonchev–Trinajstić information content (AvgIpc) is 2.94. The summed E-state index contributed by atoms with van der Waals surface area (Å²) in [6, 6.07) is 9.89. The summed E-state index contributed by atoms with van der Waals surface area (Å²) in [6.45, 7) is 1.90. The van der Waals surface area contributed by atoms with Gasteiger partial charge in [-0.05, 0) is 48.9 Å². The van der Waals surface area contributed by atoms with Gasteiger partial charge >= 0.3 is 0 Å². The van der Waals surface area contributed by atoms with Gasteiger partial charge in [0.15, 0.2) is 0 Å². The Morgan fingerprint density at radius 2 is 1.71 bits per heavy atom. The summed E-state index contributed by atoms with van der Waals surface area (Å²) in [7, 11) is 0. The zero-order valence-corrected chi connectivity index (χ0v) is 11.5. The molecule has 1 atom stereocenters. The first-order valence-corrected chi connectivity index (χ1v) is 6.67. The molecule has 0 saturated carbocycles. The summed E-state index contributed by atoms with van der Waals surface area (Å²) < 4.78 is 13.1. The zero-order valence-electron chi connectivity index (χ0n) is 11.5. The first-order chi connectivity index (χ1) is 10.2. The number of H-pyrrole nitrogens is 1. The minimum Gasteiger partial charge on any atom is -0.323 e. The van der Waals surface area contributed by atoms with E-state index in [1.54, 1.807) is 24.5 Å². The number of benzene rings is 1. The van der Waals surface area contributed by atoms with E-state index in [1.807, 2.05) is 19.1 Å². The van der Waals surface area contributed by atoms with Gasteiger partial charge in [0, 0.05) is 29.6 Å². The van der Waals surface area contributed by atoms with Crippen molar-refractivity contribution in [2.24, 2.45) is 5.73 Å². The predicted octanol–water partition coefficient (Wildman–Crippen LogP) is 3.30. The van der Waals surface area contributed by atoms with Crippen LogP contribution in [0.3, 0.4) is 0 Å². The Hall–Kier alpha value is -2.53. The van der Waals surface area contributed by atoms with Crippen LogP contribution in [0.5, 0.6) is 0 Å². The third-order valence-electron chi connectivity index (χ3n) is 3.34. The van der Waals surface area contributed by atoms with E-state index < -0.39 is 0 Å². The van der Waals surface area contributed by atoms with Crippen LogP contribution < -0.4 is 5.73 Å². The third-order valence-corrected chi connectivity index (χ3v) is 3.34. The molecule has 0 unspecified atom stereocenters. The molecular weight excluding hydrogens is 267 g/mol. The summed E-state index contributed by atoms with van der Waals surface area (Å²) >= 11 is 0. The van der Waals surface area contributed by atoms with Crippen LogP contribution >= 0.6 is 0 Å². The fraction of sp³-hybridized carbons (Fsp3) is 0.125. The van der Waals surface area contributed by atoms with Gasteiger partial charge in [0.25, 0.3) is 0 Å². The lowest BCUT2D eigenvalue weighted by Crippen LogP contribution is -2.06. The molecule has 3 N–H and O–H groups in total. The number of halogens is 1. The highest BCUT2D eigenvalue weighted by atomic mass is 19.1. The normalized spacial score (nSPS) is 12.3. The first-order valence-electron chi connectivity index (χ1n) is 6.67. The molecule has 3 aromatic rings. The molecule has 0 spiro atoms. The van der Waals surface area contributed by atoms with Crippen molar-refractivity contribution in [3.05, 3.63) is 60.3 Å². The summed E-state index contributed by atoms with van der Waals surface area (Å²) in [6.07, 6.45) is 3.45. The molecule has 2 heterocycles. The number of hydrogen-bond acceptors (Lipinski definition) is 3. The van der Waals surface area contributed by atoms with Gasteiger partial charge in [-0.3, -0.25) is 10.1 Å². The van der Waals surface area contributed by atoms with Crippen molar-refractivity contribution in [3.8, 4) is 22.4 Å². The number of hydrogen-bond donors (Lipinski definition) is 2. The maximum atomic E-state index is 13.1. The molecule has 3 rings (SSSR count). The van der Waals surface area contributed by atoms with Crippen LogP contribution in [0.2, 0.25) is 0 Å². The average molecular weight is 282 g/mol. The molecule has 2 aromatic heterocycles. The van der Waals surface area contributed by atoms with E-state index in [0.29, 0.717) is 0 Å². The highest BCUT2D eigenvalue weighted by molar-refractivity contribution is 5.82. The fourth-order valence-corrected chi connectivity index (χ4v) is 2.31. The van der Waals surface area contributed by atoms with Gasteiger partial charge in [-0.25, -0.2) is 4.39 Å². The topological polar surface area (TPSA) is 67.6 Å². The number of nitrogens with one attached hydrogen (secondary N) is 1. The van der Waals surface area contributed by atoms with E-state index in [0.717, 1.165) is 28.1 Å². The van der Waals surface area contributed by atoms with E-state index >= 15 is 0 Å². The Morgan fingerprint density at radius 1 is 1.05 bits per heavy atom. The molecule has 0 saturated heterocycles. The summed E-state index contributed by atoms with van der Waals surface area (Å²) in [4.78, 5) is 4.03. The molecule has 0 fully saturated rings. The molecule has 5 heteroatoms. The van der Waals surface area contributed by atoms with Gasteiger partial charge in [-0.15, -0.1) is 0 Å². The fourth-order valence-electron chi connectivity index (χ4n) is 2.31. The van der Waals surface area contributed by atoms with Crippen LogP contribution in [0.4, 0.5) is 4.39 Å². The second-order valence-corrected chi connectivity index (χ2v) is 4.89. The summed E-state index contributed by atoms with van der Waals surface area (Å²) in [5.41, 5.74) is 10.4. The van der Waals surface area contributed by atoms with Gasteiger partial charge in [-0.1, -0.05) is 0 Å². The number of rotatable bonds is 3. The standard InChI is InChI=1S/C16H15FN4/c1-10(18)15-14(11-6-8-19-9-7-11)16(21-20-15)12-2-4-13(17)5-3-12/h2-10H,18H2,1H3,(H,20,21)/t10-/m1/s1. The smallest absolute Gasteiger partial charge is 0.123 e. The summed E-state index contributed by atoms with van der Waals surface area (Å²) in [5, 5.41) is 7.36. The highest BCUT2D eigenvalue weighted by Gasteiger charge is 2.18. The molecule has 0 aliphatic rings. The van der Waals surface area contributed by atoms with Crippen molar-refractivity contribution in [2.45, 2.75) is 13.0 Å². The number of pyridine rings is 1. The van der Waals surface area contributed by atoms with E-state index in [9.17, 15) is 4.39 Å². The largest absolute Gasteiger partial charge is 0.323 e. The van der Waals surface area contributed by atoms with Gasteiger partial charge < -0.3 is 5.73 Å². The van der Waals surface area contributed by atoms with E-state index in [1.165, 1.54) is 12.1 Å². The van der Waals surface area contributed by atoms with Crippen molar-refractivity contribution < 1.29 is 4.39 Å². The summed E-state index contributed by atoms with van der Waals surface area (Å²) in [5.74, 6) is -0.271. The van der Waals surface area contributed by atoms with Gasteiger partial charge in [0.2, 0.25) is 0 Å². The van der Waals surface area contributed by atoms with Crippen LogP contribution in [-0.2, 0) is 0 Å². The maximum Gasteiger partial charge on any atom is 0.123 e. The number of aromatic nitrogens is 3. The Labute approximate surface area is 121 Å². The minimum absolute atomic E-state index is 0.185. The molecule has 0 aliphatic heterocycles. The molecular formula is C16H15FN4. The molecule has 0 bridgehead atoms. The molecule has 0 radical (unpaired) electrons. The lowest BCUT2D eigenvalue weighted by Gasteiger charge is -2.08. The number of nitrogens with two attached hydrogens (primary N) is 1. The maximum absolute atomic E-state index is 13.1. The SMILES string of the molecule is C[C@@H](N)c1[nH]nc(-c2ccc(F)cc2)c1-c1ccncc1. The van der Waals surface area contributed by atoms with Crippen LogP contribution in [-0.4, -0.2) is 15.2 Å². The lowest BCUT2D eigenvalue weighted by atomic mass is 9.97.